The van der Waals surface area contributed by atoms with E-state index in [1.807, 2.05) is 28.0 Å². The summed E-state index contributed by atoms with van der Waals surface area (Å²) < 4.78 is 22.9. The molecule has 1 unspecified atom stereocenters. The molecular weight excluding hydrogens is 300 g/mol. The van der Waals surface area contributed by atoms with Crippen LogP contribution in [0, 0.1) is 0 Å². The maximum Gasteiger partial charge on any atom is 0.237 e. The van der Waals surface area contributed by atoms with Crippen LogP contribution in [-0.2, 0) is 14.6 Å². The number of sulfone groups is 1. The minimum atomic E-state index is -2.89. The molecule has 0 radical (unpaired) electrons. The van der Waals surface area contributed by atoms with Crippen LogP contribution >= 0.6 is 0 Å². The second-order valence-electron chi connectivity index (χ2n) is 6.08. The van der Waals surface area contributed by atoms with E-state index in [0.717, 1.165) is 19.4 Å². The fourth-order valence-corrected chi connectivity index (χ4v) is 4.55. The van der Waals surface area contributed by atoms with Gasteiger partial charge in [0.1, 0.15) is 0 Å². The molecule has 0 bridgehead atoms. The van der Waals surface area contributed by atoms with Crippen molar-refractivity contribution >= 4 is 15.7 Å². The third-order valence-electron chi connectivity index (χ3n) is 4.55. The van der Waals surface area contributed by atoms with E-state index < -0.39 is 9.84 Å². The number of benzene rings is 1. The van der Waals surface area contributed by atoms with Crippen LogP contribution in [0.4, 0.5) is 0 Å². The molecule has 0 saturated carbocycles. The zero-order valence-corrected chi connectivity index (χ0v) is 13.5. The highest BCUT2D eigenvalue weighted by molar-refractivity contribution is 7.91. The van der Waals surface area contributed by atoms with E-state index in [9.17, 15) is 13.2 Å². The van der Waals surface area contributed by atoms with E-state index in [1.165, 1.54) is 5.56 Å². The van der Waals surface area contributed by atoms with Gasteiger partial charge in [-0.05, 0) is 18.4 Å². The first-order valence-corrected chi connectivity index (χ1v) is 9.64. The van der Waals surface area contributed by atoms with Crippen LogP contribution < -0.4 is 0 Å². The minimum absolute atomic E-state index is 0.116. The molecule has 1 aromatic rings. The van der Waals surface area contributed by atoms with Crippen molar-refractivity contribution in [3.8, 4) is 0 Å². The Hall–Kier alpha value is -1.40. The molecule has 1 atom stereocenters. The highest BCUT2D eigenvalue weighted by Crippen LogP contribution is 2.31. The summed E-state index contributed by atoms with van der Waals surface area (Å²) >= 11 is 0. The number of carbonyl (C=O) groups excluding carboxylic acids is 1. The van der Waals surface area contributed by atoms with Gasteiger partial charge in [-0.3, -0.25) is 9.69 Å². The Kier molecular flexibility index (Phi) is 4.49. The molecule has 6 heteroatoms. The Balaban J connectivity index is 1.62. The number of hydrogen-bond donors (Lipinski definition) is 0. The summed E-state index contributed by atoms with van der Waals surface area (Å²) in [5, 5.41) is 0. The number of hydrogen-bond acceptors (Lipinski definition) is 4. The standard InChI is InChI=1S/C16H22N2O3S/c19-16(13-17-9-11-22(20,21)12-10-17)18-8-4-7-15(18)14-5-2-1-3-6-14/h1-3,5-6,15H,4,7-13H2. The van der Waals surface area contributed by atoms with Crippen LogP contribution in [0.3, 0.4) is 0 Å². The lowest BCUT2D eigenvalue weighted by Gasteiger charge is -2.30. The molecule has 2 saturated heterocycles. The van der Waals surface area contributed by atoms with Crippen LogP contribution in [0.1, 0.15) is 24.4 Å². The van der Waals surface area contributed by atoms with Gasteiger partial charge in [0.25, 0.3) is 0 Å². The molecule has 1 aromatic carbocycles. The Bertz CT molecular complexity index is 616. The summed E-state index contributed by atoms with van der Waals surface area (Å²) in [6.07, 6.45) is 2.03. The SMILES string of the molecule is O=C(CN1CCS(=O)(=O)CC1)N1CCCC1c1ccccc1. The van der Waals surface area contributed by atoms with Gasteiger partial charge in [-0.15, -0.1) is 0 Å². The van der Waals surface area contributed by atoms with E-state index in [2.05, 4.69) is 12.1 Å². The van der Waals surface area contributed by atoms with Crippen molar-refractivity contribution in [2.45, 2.75) is 18.9 Å². The first-order valence-electron chi connectivity index (χ1n) is 7.82. The lowest BCUT2D eigenvalue weighted by molar-refractivity contribution is -0.133. The number of amides is 1. The van der Waals surface area contributed by atoms with Gasteiger partial charge in [0.15, 0.2) is 9.84 Å². The summed E-state index contributed by atoms with van der Waals surface area (Å²) in [5.74, 6) is 0.454. The lowest BCUT2D eigenvalue weighted by Crippen LogP contribution is -2.46. The summed E-state index contributed by atoms with van der Waals surface area (Å²) in [7, 11) is -2.89. The van der Waals surface area contributed by atoms with Crippen molar-refractivity contribution < 1.29 is 13.2 Å². The van der Waals surface area contributed by atoms with Crippen molar-refractivity contribution in [1.82, 2.24) is 9.80 Å². The number of rotatable bonds is 3. The van der Waals surface area contributed by atoms with Crippen LogP contribution in [-0.4, -0.2) is 61.8 Å². The van der Waals surface area contributed by atoms with Crippen LogP contribution in [0.5, 0.6) is 0 Å². The molecule has 0 aromatic heterocycles. The molecular formula is C16H22N2O3S. The predicted octanol–water partition coefficient (Wildman–Crippen LogP) is 1.08. The molecule has 1 amide bonds. The van der Waals surface area contributed by atoms with Crippen molar-refractivity contribution in [3.63, 3.8) is 0 Å². The van der Waals surface area contributed by atoms with E-state index in [-0.39, 0.29) is 23.5 Å². The van der Waals surface area contributed by atoms with Crippen molar-refractivity contribution in [2.75, 3.05) is 37.7 Å². The summed E-state index contributed by atoms with van der Waals surface area (Å²) in [5.41, 5.74) is 1.19. The smallest absolute Gasteiger partial charge is 0.237 e. The van der Waals surface area contributed by atoms with Crippen molar-refractivity contribution in [2.24, 2.45) is 0 Å². The van der Waals surface area contributed by atoms with Gasteiger partial charge in [0.2, 0.25) is 5.91 Å². The molecule has 5 nitrogen and oxygen atoms in total. The molecule has 2 fully saturated rings. The first-order chi connectivity index (χ1) is 10.6. The molecule has 2 heterocycles. The molecule has 2 aliphatic rings. The van der Waals surface area contributed by atoms with Crippen LogP contribution in [0.2, 0.25) is 0 Å². The first kappa shape index (κ1) is 15.5. The lowest BCUT2D eigenvalue weighted by atomic mass is 10.0. The average Bonchev–Trinajstić information content (AvgIpc) is 3.00. The van der Waals surface area contributed by atoms with Gasteiger partial charge in [-0.1, -0.05) is 30.3 Å². The van der Waals surface area contributed by atoms with Gasteiger partial charge >= 0.3 is 0 Å². The molecule has 120 valence electrons. The number of nitrogens with zero attached hydrogens (tertiary/aromatic N) is 2. The highest BCUT2D eigenvalue weighted by Gasteiger charge is 2.31. The van der Waals surface area contributed by atoms with Crippen LogP contribution in [0.15, 0.2) is 30.3 Å². The van der Waals surface area contributed by atoms with E-state index in [0.29, 0.717) is 19.6 Å². The summed E-state index contributed by atoms with van der Waals surface area (Å²) in [6.45, 7) is 2.07. The topological polar surface area (TPSA) is 57.7 Å². The Labute approximate surface area is 131 Å². The Morgan fingerprint density at radius 2 is 1.77 bits per heavy atom. The zero-order valence-electron chi connectivity index (χ0n) is 12.6. The zero-order chi connectivity index (χ0) is 15.6. The van der Waals surface area contributed by atoms with Gasteiger partial charge in [-0.25, -0.2) is 8.42 Å². The molecule has 3 rings (SSSR count). The van der Waals surface area contributed by atoms with Crippen molar-refractivity contribution in [1.29, 1.82) is 0 Å². The number of carbonyl (C=O) groups is 1. The fraction of sp³-hybridized carbons (Fsp3) is 0.562. The van der Waals surface area contributed by atoms with E-state index in [1.54, 1.807) is 0 Å². The van der Waals surface area contributed by atoms with Gasteiger partial charge in [0, 0.05) is 19.6 Å². The van der Waals surface area contributed by atoms with Crippen molar-refractivity contribution in [3.05, 3.63) is 35.9 Å². The molecule has 22 heavy (non-hydrogen) atoms. The summed E-state index contributed by atoms with van der Waals surface area (Å²) in [6, 6.07) is 10.3. The second kappa shape index (κ2) is 6.38. The third-order valence-corrected chi connectivity index (χ3v) is 6.16. The second-order valence-corrected chi connectivity index (χ2v) is 8.39. The Morgan fingerprint density at radius 1 is 1.09 bits per heavy atom. The third kappa shape index (κ3) is 3.50. The predicted molar refractivity (Wildman–Crippen MR) is 85.2 cm³/mol. The molecule has 0 aliphatic carbocycles. The quantitative estimate of drug-likeness (QED) is 0.836. The van der Waals surface area contributed by atoms with Gasteiger partial charge < -0.3 is 4.90 Å². The fourth-order valence-electron chi connectivity index (χ4n) is 3.28. The molecule has 0 spiro atoms. The Morgan fingerprint density at radius 3 is 2.45 bits per heavy atom. The average molecular weight is 322 g/mol. The van der Waals surface area contributed by atoms with Crippen LogP contribution in [0.25, 0.3) is 0 Å². The number of likely N-dealkylation sites (tertiary alicyclic amines) is 1. The van der Waals surface area contributed by atoms with Gasteiger partial charge in [-0.2, -0.15) is 0 Å². The maximum atomic E-state index is 12.6. The molecule has 2 aliphatic heterocycles. The normalized spacial score (nSPS) is 25.3. The summed E-state index contributed by atoms with van der Waals surface area (Å²) in [4.78, 5) is 16.5. The monoisotopic (exact) mass is 322 g/mol. The maximum absolute atomic E-state index is 12.6. The van der Waals surface area contributed by atoms with E-state index >= 15 is 0 Å². The van der Waals surface area contributed by atoms with E-state index in [4.69, 9.17) is 0 Å². The highest BCUT2D eigenvalue weighted by atomic mass is 32.2. The molecule has 0 N–H and O–H groups in total. The largest absolute Gasteiger partial charge is 0.335 e. The van der Waals surface area contributed by atoms with Gasteiger partial charge in [0.05, 0.1) is 24.1 Å². The minimum Gasteiger partial charge on any atom is -0.335 e.